The fraction of sp³-hybridized carbons (Fsp3) is 0.556. The Hall–Kier alpha value is -0.102. The van der Waals surface area contributed by atoms with E-state index >= 15 is 0 Å². The van der Waals surface area contributed by atoms with Crippen LogP contribution >= 0.6 is 31.2 Å². The number of nitrogens with zero attached hydrogens (tertiary/aromatic N) is 2. The summed E-state index contributed by atoms with van der Waals surface area (Å²) in [7, 11) is 9.75. The minimum atomic E-state index is -3.71. The second-order valence-corrected chi connectivity index (χ2v) is 7.20. The molecule has 3 atom stereocenters. The number of ether oxygens (including phenoxy) is 1. The maximum absolute atomic E-state index is 13.7. The fourth-order valence-corrected chi connectivity index (χ4v) is 1.72. The number of hydrogen-bond acceptors (Lipinski definition) is 8. The molecule has 1 aliphatic rings. The quantitative estimate of drug-likeness (QED) is 0.332. The van der Waals surface area contributed by atoms with E-state index in [4.69, 9.17) is 34.4 Å². The van der Waals surface area contributed by atoms with Crippen LogP contribution in [-0.4, -0.2) is 44.5 Å². The summed E-state index contributed by atoms with van der Waals surface area (Å²) in [5.74, 6) is -3.83. The van der Waals surface area contributed by atoms with Crippen molar-refractivity contribution >= 4 is 37.1 Å². The van der Waals surface area contributed by atoms with Gasteiger partial charge in [-0.15, -0.1) is 12.4 Å². The third kappa shape index (κ3) is 6.32. The van der Waals surface area contributed by atoms with Gasteiger partial charge in [-0.05, 0) is 6.07 Å². The van der Waals surface area contributed by atoms with Crippen molar-refractivity contribution in [3.05, 3.63) is 22.7 Å². The van der Waals surface area contributed by atoms with E-state index in [0.717, 1.165) is 12.3 Å². The van der Waals surface area contributed by atoms with Crippen LogP contribution in [0.2, 0.25) is 0 Å². The number of nitrogens with two attached hydrogens (primary N) is 1. The molecule has 2 heterocycles. The van der Waals surface area contributed by atoms with Crippen LogP contribution in [0.5, 0.6) is 0 Å². The first-order valence-corrected chi connectivity index (χ1v) is 10.9. The number of rotatable bonds is 2. The van der Waals surface area contributed by atoms with Gasteiger partial charge in [0.15, 0.2) is 6.10 Å². The Morgan fingerprint density at radius 3 is 2.33 bits per heavy atom. The van der Waals surface area contributed by atoms with Gasteiger partial charge < -0.3 is 33.0 Å². The van der Waals surface area contributed by atoms with E-state index < -0.39 is 53.1 Å². The van der Waals surface area contributed by atoms with Crippen LogP contribution in [0.25, 0.3) is 0 Å². The molecule has 0 radical (unpaired) electrons. The monoisotopic (exact) mass is 598 g/mol. The molecule has 24 heavy (non-hydrogen) atoms. The van der Waals surface area contributed by atoms with E-state index in [-0.39, 0.29) is 30.5 Å². The summed E-state index contributed by atoms with van der Waals surface area (Å²) in [6.45, 7) is -0.787. The molecule has 0 spiro atoms. The average Bonchev–Trinajstić information content (AvgIpc) is 2.63. The van der Waals surface area contributed by atoms with E-state index in [1.807, 2.05) is 0 Å². The van der Waals surface area contributed by atoms with Crippen LogP contribution < -0.4 is 23.7 Å². The summed E-state index contributed by atoms with van der Waals surface area (Å²) in [6.07, 6.45) is -4.69. The number of aliphatic hydroxyl groups is 2. The van der Waals surface area contributed by atoms with E-state index in [2.05, 4.69) is 4.98 Å². The van der Waals surface area contributed by atoms with Crippen molar-refractivity contribution in [3.63, 3.8) is 0 Å². The molecular formula is C9H18Cl3F2N5O4Pt. The number of alkyl halides is 2. The van der Waals surface area contributed by atoms with Gasteiger partial charge in [0.05, 0.1) is 6.61 Å². The summed E-state index contributed by atoms with van der Waals surface area (Å²) in [5, 5.41) is 18.1. The molecule has 1 saturated heterocycles. The summed E-state index contributed by atoms with van der Waals surface area (Å²) < 4.78 is 32.7. The van der Waals surface area contributed by atoms with Gasteiger partial charge in [-0.1, -0.05) is 0 Å². The number of halogens is 5. The Morgan fingerprint density at radius 2 is 1.96 bits per heavy atom. The Morgan fingerprint density at radius 1 is 1.46 bits per heavy atom. The molecule has 15 heteroatoms. The molecule has 0 bridgehead atoms. The zero-order chi connectivity index (χ0) is 16.2. The van der Waals surface area contributed by atoms with Gasteiger partial charge in [0.25, 0.3) is 0 Å². The van der Waals surface area contributed by atoms with Gasteiger partial charge in [0.1, 0.15) is 11.9 Å². The van der Waals surface area contributed by atoms with Gasteiger partial charge in [-0.25, -0.2) is 4.79 Å². The van der Waals surface area contributed by atoms with Crippen LogP contribution in [0.15, 0.2) is 17.1 Å². The van der Waals surface area contributed by atoms with Crippen molar-refractivity contribution in [1.29, 1.82) is 0 Å². The average molecular weight is 600 g/mol. The summed E-state index contributed by atoms with van der Waals surface area (Å²) in [4.78, 5) is 14.7. The Kier molecular flexibility index (Phi) is 14.7. The Bertz CT molecular complexity index is 544. The van der Waals surface area contributed by atoms with Crippen molar-refractivity contribution < 1.29 is 40.2 Å². The molecule has 9 nitrogen and oxygen atoms in total. The predicted octanol–water partition coefficient (Wildman–Crippen LogP) is 0.834. The molecule has 0 aromatic carbocycles. The van der Waals surface area contributed by atoms with Gasteiger partial charge in [-0.3, -0.25) is 4.57 Å². The number of aromatic nitrogens is 2. The van der Waals surface area contributed by atoms with Gasteiger partial charge in [-0.2, -0.15) is 13.8 Å². The van der Waals surface area contributed by atoms with E-state index in [1.165, 1.54) is 0 Å². The number of nitrogen functional groups attached to an aromatic ring is 1. The molecule has 10 N–H and O–H groups in total. The third-order valence-electron chi connectivity index (χ3n) is 2.66. The third-order valence-corrected chi connectivity index (χ3v) is 2.66. The van der Waals surface area contributed by atoms with Crippen LogP contribution in [0.1, 0.15) is 6.23 Å². The molecule has 0 amide bonds. The molecule has 1 fully saturated rings. The molecule has 1 aliphatic heterocycles. The summed E-state index contributed by atoms with van der Waals surface area (Å²) >= 11 is -0.472. The van der Waals surface area contributed by atoms with E-state index in [1.54, 1.807) is 0 Å². The Labute approximate surface area is 158 Å². The van der Waals surface area contributed by atoms with E-state index in [9.17, 15) is 18.7 Å². The second kappa shape index (κ2) is 12.3. The van der Waals surface area contributed by atoms with Crippen molar-refractivity contribution in [2.24, 2.45) is 0 Å². The fourth-order valence-electron chi connectivity index (χ4n) is 1.72. The zero-order valence-corrected chi connectivity index (χ0v) is 16.5. The molecule has 0 aliphatic carbocycles. The van der Waals surface area contributed by atoms with Crippen LogP contribution in [0.3, 0.4) is 0 Å². The maximum atomic E-state index is 13.7. The van der Waals surface area contributed by atoms with Crippen LogP contribution in [0.4, 0.5) is 14.6 Å². The summed E-state index contributed by atoms with van der Waals surface area (Å²) in [6, 6.07) is 1.15. The van der Waals surface area contributed by atoms with Crippen LogP contribution in [-0.2, 0) is 21.2 Å². The first kappa shape index (κ1) is 28.7. The van der Waals surface area contributed by atoms with Crippen molar-refractivity contribution in [2.75, 3.05) is 12.3 Å². The minimum absolute atomic E-state index is 0. The topological polar surface area (TPSA) is 181 Å². The molecule has 0 unspecified atom stereocenters. The Balaban J connectivity index is -0.000000685. The molecule has 1 aromatic heterocycles. The van der Waals surface area contributed by atoms with Crippen molar-refractivity contribution in [2.45, 2.75) is 24.4 Å². The zero-order valence-electron chi connectivity index (χ0n) is 11.9. The molecule has 2 rings (SSSR count). The first-order valence-electron chi connectivity index (χ1n) is 5.28. The normalized spacial score (nSPS) is 23.8. The molecule has 0 saturated carbocycles. The number of hydrogen-bond donors (Lipinski definition) is 5. The van der Waals surface area contributed by atoms with Crippen molar-refractivity contribution in [1.82, 2.24) is 21.9 Å². The SMILES string of the molecule is Cl.N.N.Nc1ccn([C@@H]2O[C@H](CO)[C@@H](O)C2(F)F)c(=O)n1.[Cl][Pt][Cl]. The van der Waals surface area contributed by atoms with Gasteiger partial charge in [0.2, 0.25) is 6.23 Å². The second-order valence-electron chi connectivity index (χ2n) is 3.92. The summed E-state index contributed by atoms with van der Waals surface area (Å²) in [5.41, 5.74) is 4.21. The molecular weight excluding hydrogens is 582 g/mol. The number of aliphatic hydroxyl groups excluding tert-OH is 2. The molecule has 148 valence electrons. The van der Waals surface area contributed by atoms with Crippen LogP contribution in [0, 0.1) is 0 Å². The van der Waals surface area contributed by atoms with Gasteiger partial charge in [0, 0.05) is 6.20 Å². The molecule has 1 aromatic rings. The first-order chi connectivity index (χ1) is 9.79. The number of anilines is 1. The predicted molar refractivity (Wildman–Crippen MR) is 83.9 cm³/mol. The standard InChI is InChI=1S/C9H11F2N3O4.3ClH.2H3N.Pt/c10-9(11)6(16)4(3-15)18-7(9)14-2-1-5(12)13-8(14)17;;;;;;/h1-2,4,6-7,15-16H,3H2,(H2,12,13,17);3*1H;2*1H3;/q;;;;;;+2/p-2/t4-,6-,7-;;;;;;/m1....../s1. The van der Waals surface area contributed by atoms with E-state index in [0.29, 0.717) is 4.57 Å². The van der Waals surface area contributed by atoms with Gasteiger partial charge >= 0.3 is 46.9 Å². The van der Waals surface area contributed by atoms with Crippen molar-refractivity contribution in [3.8, 4) is 0 Å².